The summed E-state index contributed by atoms with van der Waals surface area (Å²) in [5.74, 6) is 0.132. The number of nitro benzene ring substituents is 1. The van der Waals surface area contributed by atoms with Crippen molar-refractivity contribution < 1.29 is 19.2 Å². The van der Waals surface area contributed by atoms with E-state index in [0.29, 0.717) is 20.3 Å². The fourth-order valence-corrected chi connectivity index (χ4v) is 4.77. The van der Waals surface area contributed by atoms with E-state index in [1.807, 2.05) is 30.3 Å². The molecule has 0 bridgehead atoms. The van der Waals surface area contributed by atoms with Crippen LogP contribution in [0.2, 0.25) is 0 Å². The highest BCUT2D eigenvalue weighted by Gasteiger charge is 2.33. The Morgan fingerprint density at radius 1 is 0.971 bits per heavy atom. The van der Waals surface area contributed by atoms with Gasteiger partial charge in [0.05, 0.1) is 20.4 Å². The van der Waals surface area contributed by atoms with Gasteiger partial charge < -0.3 is 10.1 Å². The standard InChI is InChI=1S/C24H17Br2N3O5/c25-19-10-17(11-20(26)22(19)34-14-16-6-8-18(9-7-16)29(32)33)12-21-23(30)28(24(31)27-21)13-15-4-2-1-3-5-15/h1-12H,13-14H2,(H,27,31)/b21-12+. The van der Waals surface area contributed by atoms with E-state index in [1.165, 1.54) is 12.1 Å². The Morgan fingerprint density at radius 2 is 1.62 bits per heavy atom. The number of ether oxygens (including phenoxy) is 1. The predicted octanol–water partition coefficient (Wildman–Crippen LogP) is 5.79. The minimum absolute atomic E-state index is 0.0133. The van der Waals surface area contributed by atoms with Gasteiger partial charge in [-0.3, -0.25) is 19.8 Å². The van der Waals surface area contributed by atoms with Gasteiger partial charge in [0.25, 0.3) is 11.6 Å². The molecule has 0 aromatic heterocycles. The molecule has 1 fully saturated rings. The average molecular weight is 587 g/mol. The number of nitrogens with one attached hydrogen (secondary N) is 1. The van der Waals surface area contributed by atoms with E-state index in [2.05, 4.69) is 37.2 Å². The van der Waals surface area contributed by atoms with Crippen molar-refractivity contribution in [1.82, 2.24) is 10.2 Å². The van der Waals surface area contributed by atoms with Gasteiger partial charge in [0, 0.05) is 12.1 Å². The maximum absolute atomic E-state index is 12.8. The molecular formula is C24H17Br2N3O5. The number of halogens is 2. The van der Waals surface area contributed by atoms with Crippen molar-refractivity contribution in [3.63, 3.8) is 0 Å². The van der Waals surface area contributed by atoms with Crippen LogP contribution in [0.4, 0.5) is 10.5 Å². The van der Waals surface area contributed by atoms with Gasteiger partial charge in [-0.05, 0) is 78.9 Å². The number of amides is 3. The van der Waals surface area contributed by atoms with Gasteiger partial charge in [0.15, 0.2) is 0 Å². The number of nitrogens with zero attached hydrogens (tertiary/aromatic N) is 2. The fourth-order valence-electron chi connectivity index (χ4n) is 3.32. The molecule has 172 valence electrons. The number of urea groups is 1. The van der Waals surface area contributed by atoms with Crippen molar-refractivity contribution in [3.8, 4) is 5.75 Å². The van der Waals surface area contributed by atoms with Crippen molar-refractivity contribution in [1.29, 1.82) is 0 Å². The molecular weight excluding hydrogens is 570 g/mol. The van der Waals surface area contributed by atoms with Crippen LogP contribution in [-0.2, 0) is 17.9 Å². The highest BCUT2D eigenvalue weighted by molar-refractivity contribution is 9.11. The number of nitro groups is 1. The summed E-state index contributed by atoms with van der Waals surface area (Å²) < 4.78 is 7.14. The molecule has 0 atom stereocenters. The molecule has 0 aliphatic carbocycles. The lowest BCUT2D eigenvalue weighted by atomic mass is 10.1. The molecule has 0 saturated carbocycles. The molecule has 0 radical (unpaired) electrons. The fraction of sp³-hybridized carbons (Fsp3) is 0.0833. The summed E-state index contributed by atoms with van der Waals surface area (Å²) in [4.78, 5) is 36.6. The lowest BCUT2D eigenvalue weighted by molar-refractivity contribution is -0.384. The van der Waals surface area contributed by atoms with Gasteiger partial charge in [-0.15, -0.1) is 0 Å². The van der Waals surface area contributed by atoms with Crippen molar-refractivity contribution >= 4 is 55.6 Å². The molecule has 3 aromatic rings. The number of carbonyl (C=O) groups excluding carboxylic acids is 2. The lowest BCUT2D eigenvalue weighted by Gasteiger charge is -2.12. The summed E-state index contributed by atoms with van der Waals surface area (Å²) in [6.07, 6.45) is 1.60. The van der Waals surface area contributed by atoms with Gasteiger partial charge in [-0.2, -0.15) is 0 Å². The molecule has 1 aliphatic heterocycles. The van der Waals surface area contributed by atoms with E-state index < -0.39 is 16.9 Å². The smallest absolute Gasteiger partial charge is 0.329 e. The summed E-state index contributed by atoms with van der Waals surface area (Å²) in [5, 5.41) is 13.4. The first-order valence-electron chi connectivity index (χ1n) is 10.1. The van der Waals surface area contributed by atoms with Crippen LogP contribution in [0.25, 0.3) is 6.08 Å². The largest absolute Gasteiger partial charge is 0.487 e. The molecule has 8 nitrogen and oxygen atoms in total. The Morgan fingerprint density at radius 3 is 2.24 bits per heavy atom. The number of rotatable bonds is 7. The third kappa shape index (κ3) is 5.35. The summed E-state index contributed by atoms with van der Waals surface area (Å²) in [6, 6.07) is 18.5. The number of carbonyl (C=O) groups is 2. The summed E-state index contributed by atoms with van der Waals surface area (Å²) in [5.41, 5.74) is 2.49. The van der Waals surface area contributed by atoms with Crippen LogP contribution in [0.1, 0.15) is 16.7 Å². The summed E-state index contributed by atoms with van der Waals surface area (Å²) in [6.45, 7) is 0.393. The van der Waals surface area contributed by atoms with E-state index in [4.69, 9.17) is 4.74 Å². The Bertz CT molecular complexity index is 1270. The number of hydrogen-bond donors (Lipinski definition) is 1. The highest BCUT2D eigenvalue weighted by atomic mass is 79.9. The maximum Gasteiger partial charge on any atom is 0.329 e. The SMILES string of the molecule is O=C1N/C(=C/c2cc(Br)c(OCc3ccc([N+](=O)[O-])cc3)c(Br)c2)C(=O)N1Cc1ccccc1. The molecule has 0 unspecified atom stereocenters. The second kappa shape index (κ2) is 10.2. The molecule has 34 heavy (non-hydrogen) atoms. The predicted molar refractivity (Wildman–Crippen MR) is 133 cm³/mol. The highest BCUT2D eigenvalue weighted by Crippen LogP contribution is 2.36. The molecule has 10 heteroatoms. The number of imide groups is 1. The Hall–Kier alpha value is -3.50. The normalized spacial score (nSPS) is 14.4. The molecule has 3 amide bonds. The van der Waals surface area contributed by atoms with Crippen LogP contribution in [-0.4, -0.2) is 21.8 Å². The lowest BCUT2D eigenvalue weighted by Crippen LogP contribution is -2.30. The Labute approximate surface area is 211 Å². The molecule has 4 rings (SSSR count). The van der Waals surface area contributed by atoms with E-state index in [0.717, 1.165) is 16.0 Å². The van der Waals surface area contributed by atoms with Crippen LogP contribution < -0.4 is 10.1 Å². The molecule has 1 heterocycles. The minimum Gasteiger partial charge on any atom is -0.487 e. The van der Waals surface area contributed by atoms with E-state index in [1.54, 1.807) is 30.3 Å². The van der Waals surface area contributed by atoms with Crippen LogP contribution in [0.5, 0.6) is 5.75 Å². The first kappa shape index (κ1) is 23.7. The summed E-state index contributed by atoms with van der Waals surface area (Å²) >= 11 is 6.96. The Balaban J connectivity index is 1.47. The van der Waals surface area contributed by atoms with Crippen molar-refractivity contribution in [3.05, 3.63) is 108 Å². The van der Waals surface area contributed by atoms with Crippen molar-refractivity contribution in [2.24, 2.45) is 0 Å². The van der Waals surface area contributed by atoms with Gasteiger partial charge >= 0.3 is 6.03 Å². The second-order valence-corrected chi connectivity index (χ2v) is 9.10. The zero-order valence-electron chi connectivity index (χ0n) is 17.5. The Kier molecular flexibility index (Phi) is 7.09. The molecule has 1 aliphatic rings. The first-order chi connectivity index (χ1) is 16.3. The van der Waals surface area contributed by atoms with Crippen LogP contribution in [0.3, 0.4) is 0 Å². The average Bonchev–Trinajstić information content (AvgIpc) is 3.07. The molecule has 0 spiro atoms. The zero-order valence-corrected chi connectivity index (χ0v) is 20.7. The van der Waals surface area contributed by atoms with E-state index >= 15 is 0 Å². The summed E-state index contributed by atoms with van der Waals surface area (Å²) in [7, 11) is 0. The van der Waals surface area contributed by atoms with Gasteiger partial charge in [-0.1, -0.05) is 30.3 Å². The van der Waals surface area contributed by atoms with E-state index in [9.17, 15) is 19.7 Å². The minimum atomic E-state index is -0.471. The van der Waals surface area contributed by atoms with Gasteiger partial charge in [0.2, 0.25) is 0 Å². The van der Waals surface area contributed by atoms with Crippen LogP contribution in [0, 0.1) is 10.1 Å². The quantitative estimate of drug-likeness (QED) is 0.163. The number of non-ortho nitro benzene ring substituents is 1. The van der Waals surface area contributed by atoms with Crippen molar-refractivity contribution in [2.75, 3.05) is 0 Å². The first-order valence-corrected chi connectivity index (χ1v) is 11.6. The molecule has 1 N–H and O–H groups in total. The zero-order chi connectivity index (χ0) is 24.2. The molecule has 1 saturated heterocycles. The number of hydrogen-bond acceptors (Lipinski definition) is 5. The molecule has 3 aromatic carbocycles. The number of benzene rings is 3. The van der Waals surface area contributed by atoms with Crippen molar-refractivity contribution in [2.45, 2.75) is 13.2 Å². The topological polar surface area (TPSA) is 102 Å². The van der Waals surface area contributed by atoms with Crippen LogP contribution >= 0.6 is 31.9 Å². The van der Waals surface area contributed by atoms with Gasteiger partial charge in [-0.25, -0.2) is 4.79 Å². The third-order valence-electron chi connectivity index (χ3n) is 5.01. The van der Waals surface area contributed by atoms with Crippen LogP contribution in [0.15, 0.2) is 81.4 Å². The monoisotopic (exact) mass is 585 g/mol. The van der Waals surface area contributed by atoms with Gasteiger partial charge in [0.1, 0.15) is 18.1 Å². The maximum atomic E-state index is 12.8. The van der Waals surface area contributed by atoms with E-state index in [-0.39, 0.29) is 24.5 Å². The second-order valence-electron chi connectivity index (χ2n) is 7.39. The third-order valence-corrected chi connectivity index (χ3v) is 6.19.